The molecule has 0 aliphatic rings. The van der Waals surface area contributed by atoms with Crippen LogP contribution in [0, 0.1) is 0 Å². The summed E-state index contributed by atoms with van der Waals surface area (Å²) in [7, 11) is 0. The minimum atomic E-state index is -0.408. The summed E-state index contributed by atoms with van der Waals surface area (Å²) < 4.78 is 0. The molecule has 76 valence electrons. The van der Waals surface area contributed by atoms with E-state index in [1.807, 2.05) is 18.2 Å². The van der Waals surface area contributed by atoms with E-state index in [2.05, 4.69) is 19.9 Å². The van der Waals surface area contributed by atoms with Gasteiger partial charge >= 0.3 is 0 Å². The van der Waals surface area contributed by atoms with Gasteiger partial charge in [-0.3, -0.25) is 0 Å². The molecule has 0 spiro atoms. The topological polar surface area (TPSA) is 17.1 Å². The highest BCUT2D eigenvalue weighted by atomic mass is 35.5. The summed E-state index contributed by atoms with van der Waals surface area (Å²) in [5.74, 6) is 0.474. The highest BCUT2D eigenvalue weighted by Gasteiger charge is 2.09. The van der Waals surface area contributed by atoms with Crippen molar-refractivity contribution >= 4 is 17.9 Å². The number of hydrogen-bond acceptors (Lipinski definition) is 1. The van der Waals surface area contributed by atoms with Crippen molar-refractivity contribution in [2.24, 2.45) is 0 Å². The summed E-state index contributed by atoms with van der Waals surface area (Å²) >= 11 is 5.81. The third kappa shape index (κ3) is 2.85. The number of carbonyl (C=O) groups excluding carboxylic acids is 1. The van der Waals surface area contributed by atoms with Crippen LogP contribution in [0.3, 0.4) is 0 Å². The molecule has 0 saturated heterocycles. The molecule has 1 atom stereocenters. The van der Waals surface area contributed by atoms with Crippen LogP contribution in [0.25, 0.3) is 0 Å². The van der Waals surface area contributed by atoms with Crippen LogP contribution in [0.1, 0.15) is 30.9 Å². The Morgan fingerprint density at radius 2 is 2.00 bits per heavy atom. The SMILES string of the molecule is CC(C)c1ccccc1CC(Cl)C=O. The van der Waals surface area contributed by atoms with Crippen LogP contribution in [0.5, 0.6) is 0 Å². The Morgan fingerprint density at radius 3 is 2.57 bits per heavy atom. The van der Waals surface area contributed by atoms with Gasteiger partial charge in [0.2, 0.25) is 0 Å². The van der Waals surface area contributed by atoms with Crippen molar-refractivity contribution in [1.29, 1.82) is 0 Å². The van der Waals surface area contributed by atoms with Gasteiger partial charge in [0.25, 0.3) is 0 Å². The first-order chi connectivity index (χ1) is 6.65. The number of aldehydes is 1. The Balaban J connectivity index is 2.89. The molecular formula is C12H15ClO. The summed E-state index contributed by atoms with van der Waals surface area (Å²) in [6.07, 6.45) is 1.41. The molecular weight excluding hydrogens is 196 g/mol. The van der Waals surface area contributed by atoms with Crippen molar-refractivity contribution in [2.75, 3.05) is 0 Å². The van der Waals surface area contributed by atoms with E-state index in [0.717, 1.165) is 6.29 Å². The molecule has 1 aromatic rings. The maximum absolute atomic E-state index is 10.5. The van der Waals surface area contributed by atoms with Crippen LogP contribution >= 0.6 is 11.6 Å². The fraction of sp³-hybridized carbons (Fsp3) is 0.417. The van der Waals surface area contributed by atoms with Gasteiger partial charge in [-0.2, -0.15) is 0 Å². The van der Waals surface area contributed by atoms with Crippen molar-refractivity contribution in [1.82, 2.24) is 0 Å². The van der Waals surface area contributed by atoms with E-state index in [1.54, 1.807) is 0 Å². The predicted molar refractivity (Wildman–Crippen MR) is 59.9 cm³/mol. The molecule has 0 N–H and O–H groups in total. The van der Waals surface area contributed by atoms with Crippen LogP contribution < -0.4 is 0 Å². The van der Waals surface area contributed by atoms with Crippen LogP contribution in [0.4, 0.5) is 0 Å². The van der Waals surface area contributed by atoms with Gasteiger partial charge < -0.3 is 4.79 Å². The van der Waals surface area contributed by atoms with E-state index in [1.165, 1.54) is 11.1 Å². The Hall–Kier alpha value is -0.820. The molecule has 14 heavy (non-hydrogen) atoms. The fourth-order valence-electron chi connectivity index (χ4n) is 1.54. The first kappa shape index (κ1) is 11.3. The summed E-state index contributed by atoms with van der Waals surface area (Å²) in [4.78, 5) is 10.5. The molecule has 0 heterocycles. The number of alkyl halides is 1. The second kappa shape index (κ2) is 5.16. The van der Waals surface area contributed by atoms with Crippen LogP contribution in [-0.2, 0) is 11.2 Å². The average molecular weight is 211 g/mol. The largest absolute Gasteiger partial charge is 0.302 e. The molecule has 1 rings (SSSR count). The van der Waals surface area contributed by atoms with Gasteiger partial charge in [-0.25, -0.2) is 0 Å². The molecule has 0 saturated carbocycles. The zero-order chi connectivity index (χ0) is 10.6. The van der Waals surface area contributed by atoms with E-state index in [4.69, 9.17) is 11.6 Å². The van der Waals surface area contributed by atoms with Gasteiger partial charge in [-0.1, -0.05) is 38.1 Å². The van der Waals surface area contributed by atoms with Crippen molar-refractivity contribution in [2.45, 2.75) is 31.6 Å². The lowest BCUT2D eigenvalue weighted by Gasteiger charge is -2.12. The number of benzene rings is 1. The fourth-order valence-corrected chi connectivity index (χ4v) is 1.71. The van der Waals surface area contributed by atoms with Crippen molar-refractivity contribution in [3.05, 3.63) is 35.4 Å². The maximum Gasteiger partial charge on any atom is 0.138 e. The van der Waals surface area contributed by atoms with Gasteiger partial charge in [-0.05, 0) is 23.5 Å². The number of halogens is 1. The molecule has 1 unspecified atom stereocenters. The molecule has 0 aliphatic carbocycles. The lowest BCUT2D eigenvalue weighted by molar-refractivity contribution is -0.107. The number of carbonyl (C=O) groups is 1. The van der Waals surface area contributed by atoms with Crippen LogP contribution in [0.15, 0.2) is 24.3 Å². The highest BCUT2D eigenvalue weighted by Crippen LogP contribution is 2.21. The molecule has 0 aliphatic heterocycles. The van der Waals surface area contributed by atoms with E-state index < -0.39 is 5.38 Å². The standard InChI is InChI=1S/C12H15ClO/c1-9(2)12-6-4-3-5-10(12)7-11(13)8-14/h3-6,8-9,11H,7H2,1-2H3. The van der Waals surface area contributed by atoms with E-state index in [9.17, 15) is 4.79 Å². The summed E-state index contributed by atoms with van der Waals surface area (Å²) in [5, 5.41) is -0.408. The Kier molecular flexibility index (Phi) is 4.15. The minimum Gasteiger partial charge on any atom is -0.302 e. The van der Waals surface area contributed by atoms with Gasteiger partial charge in [0, 0.05) is 0 Å². The Labute approximate surface area is 90.1 Å². The lowest BCUT2D eigenvalue weighted by Crippen LogP contribution is -2.07. The Morgan fingerprint density at radius 1 is 1.36 bits per heavy atom. The van der Waals surface area contributed by atoms with Gasteiger partial charge in [-0.15, -0.1) is 11.6 Å². The third-order valence-electron chi connectivity index (χ3n) is 2.24. The van der Waals surface area contributed by atoms with E-state index >= 15 is 0 Å². The molecule has 0 amide bonds. The van der Waals surface area contributed by atoms with Crippen molar-refractivity contribution in [3.8, 4) is 0 Å². The Bertz CT molecular complexity index is 307. The van der Waals surface area contributed by atoms with Crippen molar-refractivity contribution < 1.29 is 4.79 Å². The van der Waals surface area contributed by atoms with E-state index in [0.29, 0.717) is 12.3 Å². The van der Waals surface area contributed by atoms with Crippen LogP contribution in [0.2, 0.25) is 0 Å². The first-order valence-corrected chi connectivity index (χ1v) is 5.26. The highest BCUT2D eigenvalue weighted by molar-refractivity contribution is 6.27. The molecule has 1 nitrogen and oxygen atoms in total. The number of rotatable bonds is 4. The maximum atomic E-state index is 10.5. The molecule has 2 heteroatoms. The van der Waals surface area contributed by atoms with Crippen LogP contribution in [-0.4, -0.2) is 11.7 Å². The van der Waals surface area contributed by atoms with Gasteiger partial charge in [0.1, 0.15) is 6.29 Å². The summed E-state index contributed by atoms with van der Waals surface area (Å²) in [5.41, 5.74) is 2.45. The summed E-state index contributed by atoms with van der Waals surface area (Å²) in [6, 6.07) is 8.13. The third-order valence-corrected chi connectivity index (χ3v) is 2.50. The van der Waals surface area contributed by atoms with E-state index in [-0.39, 0.29) is 0 Å². The zero-order valence-electron chi connectivity index (χ0n) is 8.53. The second-order valence-corrected chi connectivity index (χ2v) is 4.27. The molecule has 1 aromatic carbocycles. The molecule has 0 aromatic heterocycles. The molecule has 0 bridgehead atoms. The van der Waals surface area contributed by atoms with Gasteiger partial charge in [0.15, 0.2) is 0 Å². The minimum absolute atomic E-state index is 0.408. The quantitative estimate of drug-likeness (QED) is 0.551. The monoisotopic (exact) mass is 210 g/mol. The zero-order valence-corrected chi connectivity index (χ0v) is 9.29. The average Bonchev–Trinajstić information content (AvgIpc) is 2.18. The molecule has 0 fully saturated rings. The predicted octanol–water partition coefficient (Wildman–Crippen LogP) is 3.16. The summed E-state index contributed by atoms with van der Waals surface area (Å²) in [6.45, 7) is 4.28. The van der Waals surface area contributed by atoms with Gasteiger partial charge in [0.05, 0.1) is 5.38 Å². The van der Waals surface area contributed by atoms with Crippen molar-refractivity contribution in [3.63, 3.8) is 0 Å². The normalized spacial score (nSPS) is 12.9. The smallest absolute Gasteiger partial charge is 0.138 e. The number of hydrogen-bond donors (Lipinski definition) is 0. The lowest BCUT2D eigenvalue weighted by atomic mass is 9.95. The second-order valence-electron chi connectivity index (χ2n) is 3.71. The first-order valence-electron chi connectivity index (χ1n) is 4.82. The molecule has 0 radical (unpaired) electrons.